The maximum absolute atomic E-state index is 12.5. The van der Waals surface area contributed by atoms with Gasteiger partial charge in [0.2, 0.25) is 0 Å². The van der Waals surface area contributed by atoms with Gasteiger partial charge >= 0.3 is 0 Å². The normalized spacial score (nSPS) is 16.4. The van der Waals surface area contributed by atoms with Crippen molar-refractivity contribution in [2.75, 3.05) is 13.2 Å². The zero-order valence-electron chi connectivity index (χ0n) is 13.0. The molecule has 0 saturated heterocycles. The number of pyridine rings is 1. The summed E-state index contributed by atoms with van der Waals surface area (Å²) in [5.41, 5.74) is 1.81. The average molecular weight is 323 g/mol. The molecule has 4 rings (SSSR count). The number of carbonyl (C=O) groups is 1. The summed E-state index contributed by atoms with van der Waals surface area (Å²) in [6.45, 7) is 1.11. The van der Waals surface area contributed by atoms with Crippen LogP contribution in [0.4, 0.5) is 0 Å². The van der Waals surface area contributed by atoms with Gasteiger partial charge in [-0.3, -0.25) is 9.59 Å². The minimum atomic E-state index is -0.233. The van der Waals surface area contributed by atoms with E-state index in [0.717, 1.165) is 12.2 Å². The van der Waals surface area contributed by atoms with Gasteiger partial charge in [0.15, 0.2) is 0 Å². The number of fused-ring (bicyclic) bond motifs is 2. The number of rotatable bonds is 3. The van der Waals surface area contributed by atoms with Crippen molar-refractivity contribution in [3.63, 3.8) is 0 Å². The first kappa shape index (κ1) is 14.6. The molecule has 0 bridgehead atoms. The molecule has 3 N–H and O–H groups in total. The lowest BCUT2D eigenvalue weighted by molar-refractivity contribution is 0.0940. The number of aromatic nitrogens is 2. The maximum atomic E-state index is 12.5. The number of ether oxygens (including phenoxy) is 1. The zero-order chi connectivity index (χ0) is 16.5. The standard InChI is InChI=1S/C18H17N3O3/c22-17(14-9-21-18(23)16-13(14)5-6-19-16)20-8-11-7-12-3-1-2-4-15(12)24-10-11/h1-6,9,11,19H,7-8,10H2,(H,20,22)(H,21,23). The Labute approximate surface area is 137 Å². The molecule has 1 unspecified atom stereocenters. The van der Waals surface area contributed by atoms with E-state index >= 15 is 0 Å². The Hall–Kier alpha value is -3.02. The molecule has 122 valence electrons. The lowest BCUT2D eigenvalue weighted by Gasteiger charge is -2.25. The highest BCUT2D eigenvalue weighted by atomic mass is 16.5. The van der Waals surface area contributed by atoms with Crippen LogP contribution < -0.4 is 15.6 Å². The van der Waals surface area contributed by atoms with Gasteiger partial charge in [0.1, 0.15) is 11.3 Å². The molecule has 0 spiro atoms. The van der Waals surface area contributed by atoms with Crippen LogP contribution in [-0.4, -0.2) is 29.0 Å². The number of carbonyl (C=O) groups excluding carboxylic acids is 1. The Morgan fingerprint density at radius 3 is 3.04 bits per heavy atom. The highest BCUT2D eigenvalue weighted by Gasteiger charge is 2.21. The van der Waals surface area contributed by atoms with E-state index in [0.29, 0.717) is 29.6 Å². The van der Waals surface area contributed by atoms with E-state index in [-0.39, 0.29) is 17.4 Å². The second-order valence-corrected chi connectivity index (χ2v) is 6.00. The van der Waals surface area contributed by atoms with Crippen molar-refractivity contribution in [1.29, 1.82) is 0 Å². The summed E-state index contributed by atoms with van der Waals surface area (Å²) in [6, 6.07) is 9.70. The summed E-state index contributed by atoms with van der Waals surface area (Å²) in [7, 11) is 0. The molecule has 0 saturated carbocycles. The number of H-pyrrole nitrogens is 2. The van der Waals surface area contributed by atoms with Gasteiger partial charge in [-0.05, 0) is 24.1 Å². The second kappa shape index (κ2) is 5.88. The molecular formula is C18H17N3O3. The topological polar surface area (TPSA) is 87.0 Å². The summed E-state index contributed by atoms with van der Waals surface area (Å²) in [5.74, 6) is 0.956. The van der Waals surface area contributed by atoms with Crippen LogP contribution in [0.2, 0.25) is 0 Å². The predicted octanol–water partition coefficient (Wildman–Crippen LogP) is 1.84. The lowest BCUT2D eigenvalue weighted by atomic mass is 9.96. The number of nitrogens with one attached hydrogen (secondary N) is 3. The largest absolute Gasteiger partial charge is 0.493 e. The number of para-hydroxylation sites is 1. The molecule has 2 aromatic heterocycles. The van der Waals surface area contributed by atoms with Gasteiger partial charge < -0.3 is 20.0 Å². The molecule has 0 aliphatic carbocycles. The van der Waals surface area contributed by atoms with E-state index in [1.807, 2.05) is 18.2 Å². The Kier molecular flexibility index (Phi) is 3.57. The Bertz CT molecular complexity index is 957. The van der Waals surface area contributed by atoms with Crippen molar-refractivity contribution in [3.05, 3.63) is 64.2 Å². The van der Waals surface area contributed by atoms with E-state index in [1.165, 1.54) is 11.8 Å². The third-order valence-corrected chi connectivity index (χ3v) is 4.36. The highest BCUT2D eigenvalue weighted by molar-refractivity contribution is 6.05. The monoisotopic (exact) mass is 323 g/mol. The summed E-state index contributed by atoms with van der Waals surface area (Å²) in [5, 5.41) is 3.57. The van der Waals surface area contributed by atoms with Crippen molar-refractivity contribution in [2.24, 2.45) is 5.92 Å². The fourth-order valence-corrected chi connectivity index (χ4v) is 3.11. The number of hydrogen-bond acceptors (Lipinski definition) is 3. The molecule has 24 heavy (non-hydrogen) atoms. The van der Waals surface area contributed by atoms with Crippen molar-refractivity contribution < 1.29 is 9.53 Å². The SMILES string of the molecule is O=C(NCC1COc2ccccc2C1)c1c[nH]c(=O)c2[nH]ccc12. The molecule has 6 nitrogen and oxygen atoms in total. The fraction of sp³-hybridized carbons (Fsp3) is 0.222. The van der Waals surface area contributed by atoms with Crippen LogP contribution in [0.5, 0.6) is 5.75 Å². The number of amides is 1. The molecule has 3 aromatic rings. The first-order valence-corrected chi connectivity index (χ1v) is 7.90. The molecule has 3 heterocycles. The number of hydrogen-bond donors (Lipinski definition) is 3. The molecule has 1 amide bonds. The lowest BCUT2D eigenvalue weighted by Crippen LogP contribution is -2.35. The van der Waals surface area contributed by atoms with E-state index in [2.05, 4.69) is 21.4 Å². The third-order valence-electron chi connectivity index (χ3n) is 4.36. The minimum Gasteiger partial charge on any atom is -0.493 e. The molecule has 1 aliphatic rings. The minimum absolute atomic E-state index is 0.199. The van der Waals surface area contributed by atoms with E-state index in [9.17, 15) is 9.59 Å². The van der Waals surface area contributed by atoms with Crippen LogP contribution in [0, 0.1) is 5.92 Å². The summed E-state index contributed by atoms with van der Waals surface area (Å²) < 4.78 is 5.74. The molecule has 0 radical (unpaired) electrons. The van der Waals surface area contributed by atoms with Crippen LogP contribution >= 0.6 is 0 Å². The molecule has 1 aliphatic heterocycles. The van der Waals surface area contributed by atoms with Gasteiger partial charge in [-0.15, -0.1) is 0 Å². The first-order chi connectivity index (χ1) is 11.7. The van der Waals surface area contributed by atoms with Gasteiger partial charge in [0, 0.05) is 30.2 Å². The quantitative estimate of drug-likeness (QED) is 0.687. The summed E-state index contributed by atoms with van der Waals surface area (Å²) in [6.07, 6.45) is 3.99. The highest BCUT2D eigenvalue weighted by Crippen LogP contribution is 2.26. The average Bonchev–Trinajstić information content (AvgIpc) is 3.10. The van der Waals surface area contributed by atoms with E-state index in [1.54, 1.807) is 12.3 Å². The zero-order valence-corrected chi connectivity index (χ0v) is 13.0. The molecule has 1 aromatic carbocycles. The number of aromatic amines is 2. The van der Waals surface area contributed by atoms with Gasteiger partial charge in [0.25, 0.3) is 11.5 Å². The van der Waals surface area contributed by atoms with E-state index in [4.69, 9.17) is 4.74 Å². The fourth-order valence-electron chi connectivity index (χ4n) is 3.11. The maximum Gasteiger partial charge on any atom is 0.272 e. The summed E-state index contributed by atoms with van der Waals surface area (Å²) in [4.78, 5) is 29.6. The molecule has 1 atom stereocenters. The second-order valence-electron chi connectivity index (χ2n) is 6.00. The molecule has 0 fully saturated rings. The smallest absolute Gasteiger partial charge is 0.272 e. The first-order valence-electron chi connectivity index (χ1n) is 7.90. The van der Waals surface area contributed by atoms with Crippen molar-refractivity contribution in [1.82, 2.24) is 15.3 Å². The van der Waals surface area contributed by atoms with Crippen LogP contribution in [0.15, 0.2) is 47.5 Å². The van der Waals surface area contributed by atoms with Crippen molar-refractivity contribution >= 4 is 16.8 Å². The Morgan fingerprint density at radius 2 is 2.12 bits per heavy atom. The van der Waals surface area contributed by atoms with Crippen LogP contribution in [0.1, 0.15) is 15.9 Å². The van der Waals surface area contributed by atoms with Gasteiger partial charge in [-0.25, -0.2) is 0 Å². The van der Waals surface area contributed by atoms with Crippen molar-refractivity contribution in [2.45, 2.75) is 6.42 Å². The third kappa shape index (κ3) is 2.56. The van der Waals surface area contributed by atoms with E-state index < -0.39 is 0 Å². The van der Waals surface area contributed by atoms with Gasteiger partial charge in [-0.2, -0.15) is 0 Å². The van der Waals surface area contributed by atoms with Crippen molar-refractivity contribution in [3.8, 4) is 5.75 Å². The van der Waals surface area contributed by atoms with Crippen LogP contribution in [-0.2, 0) is 6.42 Å². The molecular weight excluding hydrogens is 306 g/mol. The Morgan fingerprint density at radius 1 is 1.25 bits per heavy atom. The van der Waals surface area contributed by atoms with Crippen LogP contribution in [0.3, 0.4) is 0 Å². The molecule has 6 heteroatoms. The predicted molar refractivity (Wildman–Crippen MR) is 90.4 cm³/mol. The summed E-state index contributed by atoms with van der Waals surface area (Å²) >= 11 is 0. The van der Waals surface area contributed by atoms with Crippen LogP contribution in [0.25, 0.3) is 10.9 Å². The Balaban J connectivity index is 1.46. The van der Waals surface area contributed by atoms with Gasteiger partial charge in [0.05, 0.1) is 12.2 Å². The number of benzene rings is 1. The van der Waals surface area contributed by atoms with Gasteiger partial charge in [-0.1, -0.05) is 18.2 Å².